The molecule has 5 nitrogen and oxygen atoms in total. The van der Waals surface area contributed by atoms with E-state index in [2.05, 4.69) is 0 Å². The smallest absolute Gasteiger partial charge is 0.330 e. The van der Waals surface area contributed by atoms with E-state index in [9.17, 15) is 14.4 Å². The molecule has 0 fully saturated rings. The topological polar surface area (TPSA) is 86.5 Å². The predicted molar refractivity (Wildman–Crippen MR) is 67.9 cm³/mol. The van der Waals surface area contributed by atoms with Gasteiger partial charge in [-0.2, -0.15) is 0 Å². The summed E-state index contributed by atoms with van der Waals surface area (Å²) < 4.78 is 4.79. The molecule has 0 saturated carbocycles. The molecule has 0 atom stereocenters. The highest BCUT2D eigenvalue weighted by Crippen LogP contribution is 1.97. The summed E-state index contributed by atoms with van der Waals surface area (Å²) in [4.78, 5) is 33.6. The summed E-state index contributed by atoms with van der Waals surface area (Å²) in [6, 6.07) is 0. The van der Waals surface area contributed by atoms with Gasteiger partial charge in [0.15, 0.2) is 5.78 Å². The van der Waals surface area contributed by atoms with Gasteiger partial charge in [-0.1, -0.05) is 13.8 Å². The normalized spacial score (nSPS) is 10.9. The van der Waals surface area contributed by atoms with Gasteiger partial charge in [0.1, 0.15) is 5.78 Å². The Morgan fingerprint density at radius 1 is 1.17 bits per heavy atom. The lowest BCUT2D eigenvalue weighted by molar-refractivity contribution is -0.138. The summed E-state index contributed by atoms with van der Waals surface area (Å²) in [5.41, 5.74) is 5.27. The maximum Gasteiger partial charge on any atom is 0.330 e. The second-order valence-corrected chi connectivity index (χ2v) is 4.24. The largest absolute Gasteiger partial charge is 0.462 e. The fraction of sp³-hybridized carbons (Fsp3) is 0.615. The molecular formula is C13H21NO4. The van der Waals surface area contributed by atoms with Crippen molar-refractivity contribution < 1.29 is 19.1 Å². The van der Waals surface area contributed by atoms with E-state index in [0.29, 0.717) is 19.4 Å². The van der Waals surface area contributed by atoms with Crippen molar-refractivity contribution in [1.29, 1.82) is 0 Å². The van der Waals surface area contributed by atoms with Crippen LogP contribution in [0.25, 0.3) is 0 Å². The van der Waals surface area contributed by atoms with Crippen LogP contribution in [0.2, 0.25) is 0 Å². The van der Waals surface area contributed by atoms with Crippen molar-refractivity contribution in [3.63, 3.8) is 0 Å². The first kappa shape index (κ1) is 16.5. The summed E-state index contributed by atoms with van der Waals surface area (Å²) in [7, 11) is 0. The second-order valence-electron chi connectivity index (χ2n) is 4.24. The lowest BCUT2D eigenvalue weighted by atomic mass is 10.1. The number of nitrogens with two attached hydrogens (primary N) is 1. The van der Waals surface area contributed by atoms with Crippen molar-refractivity contribution in [3.8, 4) is 0 Å². The number of rotatable bonds is 9. The molecule has 0 aliphatic carbocycles. The third-order valence-corrected chi connectivity index (χ3v) is 2.24. The quantitative estimate of drug-likeness (QED) is 0.491. The van der Waals surface area contributed by atoms with E-state index in [1.54, 1.807) is 13.8 Å². The third-order valence-electron chi connectivity index (χ3n) is 2.24. The minimum atomic E-state index is -0.601. The fourth-order valence-electron chi connectivity index (χ4n) is 1.08. The molecule has 18 heavy (non-hydrogen) atoms. The van der Waals surface area contributed by atoms with Crippen molar-refractivity contribution in [1.82, 2.24) is 0 Å². The van der Waals surface area contributed by atoms with Crippen LogP contribution < -0.4 is 5.73 Å². The second kappa shape index (κ2) is 9.53. The van der Waals surface area contributed by atoms with Gasteiger partial charge in [0.25, 0.3) is 0 Å². The molecule has 0 aliphatic rings. The minimum absolute atomic E-state index is 0.0236. The van der Waals surface area contributed by atoms with E-state index in [4.69, 9.17) is 10.5 Å². The van der Waals surface area contributed by atoms with Crippen LogP contribution in [0.3, 0.4) is 0 Å². The van der Waals surface area contributed by atoms with E-state index in [1.807, 2.05) is 0 Å². The van der Waals surface area contributed by atoms with Crippen molar-refractivity contribution in [2.24, 2.45) is 11.7 Å². The lowest BCUT2D eigenvalue weighted by Crippen LogP contribution is -2.10. The van der Waals surface area contributed by atoms with Crippen molar-refractivity contribution in [2.75, 3.05) is 13.2 Å². The number of ether oxygens (including phenoxy) is 1. The Kier molecular flexibility index (Phi) is 8.74. The maximum atomic E-state index is 11.2. The Morgan fingerprint density at radius 3 is 2.39 bits per heavy atom. The minimum Gasteiger partial charge on any atom is -0.462 e. The first-order chi connectivity index (χ1) is 8.47. The fourth-order valence-corrected chi connectivity index (χ4v) is 1.08. The van der Waals surface area contributed by atoms with Gasteiger partial charge in [-0.25, -0.2) is 4.79 Å². The Morgan fingerprint density at radius 2 is 1.83 bits per heavy atom. The van der Waals surface area contributed by atoms with Crippen molar-refractivity contribution >= 4 is 17.5 Å². The van der Waals surface area contributed by atoms with Crippen LogP contribution in [0.1, 0.15) is 33.1 Å². The Hall–Kier alpha value is -1.49. The molecule has 102 valence electrons. The number of hydrogen-bond donors (Lipinski definition) is 1. The van der Waals surface area contributed by atoms with Gasteiger partial charge < -0.3 is 10.5 Å². The van der Waals surface area contributed by atoms with E-state index >= 15 is 0 Å². The molecule has 0 amide bonds. The molecule has 5 heteroatoms. The Labute approximate surface area is 107 Å². The average Bonchev–Trinajstić information content (AvgIpc) is 2.33. The average molecular weight is 255 g/mol. The van der Waals surface area contributed by atoms with Gasteiger partial charge in [-0.3, -0.25) is 9.59 Å². The van der Waals surface area contributed by atoms with E-state index in [0.717, 1.165) is 6.08 Å². The molecule has 0 unspecified atom stereocenters. The first-order valence-corrected chi connectivity index (χ1v) is 6.07. The van der Waals surface area contributed by atoms with Crippen LogP contribution in [0.4, 0.5) is 0 Å². The molecule has 0 radical (unpaired) electrons. The molecule has 0 aromatic heterocycles. The standard InChI is InChI=1S/C13H21NO4/c1-10(2)12(16)5-6-13(17)18-9-7-11(15)4-3-8-14/h5-6,10H,3-4,7-9,14H2,1-2H3/b6-5+. The SMILES string of the molecule is CC(C)C(=O)/C=C/C(=O)OCCC(=O)CCCN. The number of allylic oxidation sites excluding steroid dienone is 1. The molecule has 0 aromatic rings. The number of carbonyl (C=O) groups excluding carboxylic acids is 3. The molecule has 0 aromatic carbocycles. The lowest BCUT2D eigenvalue weighted by Gasteiger charge is -2.01. The van der Waals surface area contributed by atoms with Gasteiger partial charge in [0.2, 0.25) is 0 Å². The van der Waals surface area contributed by atoms with Crippen LogP contribution in [0, 0.1) is 5.92 Å². The zero-order valence-corrected chi connectivity index (χ0v) is 11.0. The number of esters is 1. The van der Waals surface area contributed by atoms with Gasteiger partial charge in [-0.05, 0) is 19.0 Å². The van der Waals surface area contributed by atoms with Crippen LogP contribution >= 0.6 is 0 Å². The first-order valence-electron chi connectivity index (χ1n) is 6.07. The zero-order chi connectivity index (χ0) is 14.0. The highest BCUT2D eigenvalue weighted by atomic mass is 16.5. The van der Waals surface area contributed by atoms with Gasteiger partial charge >= 0.3 is 5.97 Å². The molecule has 0 bridgehead atoms. The van der Waals surface area contributed by atoms with Crippen LogP contribution in [0.5, 0.6) is 0 Å². The maximum absolute atomic E-state index is 11.2. The summed E-state index contributed by atoms with van der Waals surface area (Å²) in [6.07, 6.45) is 3.54. The highest BCUT2D eigenvalue weighted by molar-refractivity contribution is 5.96. The summed E-state index contributed by atoms with van der Waals surface area (Å²) in [5.74, 6) is -0.857. The van der Waals surface area contributed by atoms with Crippen molar-refractivity contribution in [3.05, 3.63) is 12.2 Å². The van der Waals surface area contributed by atoms with Crippen LogP contribution in [-0.4, -0.2) is 30.7 Å². The molecule has 2 N–H and O–H groups in total. The number of Topliss-reactive ketones (excluding diaryl/α,β-unsaturated/α-hetero) is 1. The predicted octanol–water partition coefficient (Wildman–Crippen LogP) is 1.01. The Balaban J connectivity index is 3.78. The molecular weight excluding hydrogens is 234 g/mol. The summed E-state index contributed by atoms with van der Waals surface area (Å²) >= 11 is 0. The van der Waals surface area contributed by atoms with E-state index < -0.39 is 5.97 Å². The molecule has 0 aliphatic heterocycles. The summed E-state index contributed by atoms with van der Waals surface area (Å²) in [6.45, 7) is 4.01. The summed E-state index contributed by atoms with van der Waals surface area (Å²) in [5, 5.41) is 0. The molecule has 0 rings (SSSR count). The molecule has 0 heterocycles. The van der Waals surface area contributed by atoms with Crippen LogP contribution in [-0.2, 0) is 19.1 Å². The zero-order valence-electron chi connectivity index (χ0n) is 11.0. The van der Waals surface area contributed by atoms with Crippen molar-refractivity contribution in [2.45, 2.75) is 33.1 Å². The van der Waals surface area contributed by atoms with Crippen LogP contribution in [0.15, 0.2) is 12.2 Å². The van der Waals surface area contributed by atoms with Gasteiger partial charge in [0.05, 0.1) is 6.61 Å². The van der Waals surface area contributed by atoms with Gasteiger partial charge in [0, 0.05) is 24.8 Å². The third kappa shape index (κ3) is 8.64. The van der Waals surface area contributed by atoms with E-state index in [1.165, 1.54) is 6.08 Å². The molecule has 0 saturated heterocycles. The van der Waals surface area contributed by atoms with Gasteiger partial charge in [-0.15, -0.1) is 0 Å². The number of carbonyl (C=O) groups is 3. The number of hydrogen-bond acceptors (Lipinski definition) is 5. The monoisotopic (exact) mass is 255 g/mol. The molecule has 0 spiro atoms. The Bertz CT molecular complexity index is 321. The van der Waals surface area contributed by atoms with E-state index in [-0.39, 0.29) is 30.5 Å². The number of ketones is 2. The highest BCUT2D eigenvalue weighted by Gasteiger charge is 2.05.